The van der Waals surface area contributed by atoms with Gasteiger partial charge in [-0.1, -0.05) is 64.1 Å². The third-order valence-corrected chi connectivity index (χ3v) is 8.21. The summed E-state index contributed by atoms with van der Waals surface area (Å²) in [4.78, 5) is 14.3. The summed E-state index contributed by atoms with van der Waals surface area (Å²) in [6.45, 7) is 8.80. The van der Waals surface area contributed by atoms with Crippen molar-refractivity contribution in [2.24, 2.45) is 0 Å². The van der Waals surface area contributed by atoms with E-state index in [1.165, 1.54) is 0 Å². The van der Waals surface area contributed by atoms with Crippen LogP contribution in [0, 0.1) is 18.2 Å². The molecule has 7 aromatic rings. The molecule has 0 amide bonds. The second-order valence-electron chi connectivity index (χ2n) is 11.9. The van der Waals surface area contributed by atoms with E-state index in [-0.39, 0.29) is 30.9 Å². The first-order valence-electron chi connectivity index (χ1n) is 14.9. The van der Waals surface area contributed by atoms with Gasteiger partial charge in [-0.2, -0.15) is 71.8 Å². The fourth-order valence-corrected chi connectivity index (χ4v) is 5.40. The van der Waals surface area contributed by atoms with Gasteiger partial charge in [-0.25, -0.2) is 0 Å². The molecule has 0 saturated heterocycles. The van der Waals surface area contributed by atoms with Crippen molar-refractivity contribution in [1.29, 1.82) is 0 Å². The van der Waals surface area contributed by atoms with Gasteiger partial charge in [-0.3, -0.25) is 15.0 Å². The number of benzene rings is 4. The van der Waals surface area contributed by atoms with Gasteiger partial charge >= 0.3 is 20.1 Å². The fraction of sp³-hybridized carbons (Fsp3) is 0.146. The Labute approximate surface area is 279 Å². The van der Waals surface area contributed by atoms with Gasteiger partial charge in [0.15, 0.2) is 0 Å². The minimum atomic E-state index is -0.187. The average molecular weight is 761 g/mol. The van der Waals surface area contributed by atoms with Crippen LogP contribution in [0.5, 0.6) is 0 Å². The summed E-state index contributed by atoms with van der Waals surface area (Å²) in [6, 6.07) is 52.7. The first kappa shape index (κ1) is 31.9. The summed E-state index contributed by atoms with van der Waals surface area (Å²) >= 11 is 0. The van der Waals surface area contributed by atoms with Gasteiger partial charge in [0.2, 0.25) is 0 Å². The predicted molar refractivity (Wildman–Crippen MR) is 180 cm³/mol. The summed E-state index contributed by atoms with van der Waals surface area (Å²) in [5, 5.41) is 2.22. The van der Waals surface area contributed by atoms with E-state index in [1.807, 2.05) is 66.9 Å². The molecule has 3 heterocycles. The Morgan fingerprint density at radius 2 is 1.04 bits per heavy atom. The Balaban J connectivity index is 0.000000176. The van der Waals surface area contributed by atoms with E-state index >= 15 is 0 Å². The molecule has 0 fully saturated rings. The number of rotatable bonds is 5. The molecular formula is C41H34IrN3. The van der Waals surface area contributed by atoms with Crippen molar-refractivity contribution in [2.75, 3.05) is 0 Å². The summed E-state index contributed by atoms with van der Waals surface area (Å²) in [5.74, 6) is 0. The molecule has 0 N–H and O–H groups in total. The van der Waals surface area contributed by atoms with Gasteiger partial charge in [0.1, 0.15) is 0 Å². The third kappa shape index (κ3) is 6.78. The predicted octanol–water partition coefficient (Wildman–Crippen LogP) is 9.58. The molecule has 0 atom stereocenters. The zero-order valence-corrected chi connectivity index (χ0v) is 28.3. The van der Waals surface area contributed by atoms with Crippen molar-refractivity contribution in [3.63, 3.8) is 0 Å². The Morgan fingerprint density at radius 1 is 0.489 bits per heavy atom. The maximum absolute atomic E-state index is 5.03. The number of pyridine rings is 3. The van der Waals surface area contributed by atoms with Gasteiger partial charge in [0, 0.05) is 39.2 Å². The fourth-order valence-electron chi connectivity index (χ4n) is 5.40. The first-order chi connectivity index (χ1) is 21.3. The molecule has 4 aromatic carbocycles. The molecule has 4 heteroatoms. The molecule has 3 aromatic heterocycles. The Bertz CT molecular complexity index is 1940. The van der Waals surface area contributed by atoms with Crippen LogP contribution in [-0.2, 0) is 30.9 Å². The van der Waals surface area contributed by atoms with E-state index in [1.54, 1.807) is 0 Å². The van der Waals surface area contributed by atoms with E-state index in [0.29, 0.717) is 0 Å². The second kappa shape index (κ2) is 13.6. The summed E-state index contributed by atoms with van der Waals surface area (Å²) < 4.78 is 0. The quantitative estimate of drug-likeness (QED) is 0.130. The molecule has 0 saturated carbocycles. The monoisotopic (exact) mass is 761 g/mol. The minimum Gasteiger partial charge on any atom is -0.294 e. The topological polar surface area (TPSA) is 38.7 Å². The van der Waals surface area contributed by atoms with Gasteiger partial charge in [-0.05, 0) is 23.9 Å². The maximum Gasteiger partial charge on any atom is 3.00 e. The summed E-state index contributed by atoms with van der Waals surface area (Å²) in [5.41, 5.74) is 7.87. The van der Waals surface area contributed by atoms with Crippen LogP contribution in [-0.4, -0.2) is 15.0 Å². The Morgan fingerprint density at radius 3 is 1.60 bits per heavy atom. The molecule has 0 aliphatic rings. The van der Waals surface area contributed by atoms with E-state index < -0.39 is 0 Å². The van der Waals surface area contributed by atoms with Crippen LogP contribution in [0.1, 0.15) is 50.2 Å². The molecule has 0 aliphatic heterocycles. The molecule has 222 valence electrons. The van der Waals surface area contributed by atoms with Crippen LogP contribution < -0.4 is 0 Å². The van der Waals surface area contributed by atoms with Crippen LogP contribution in [0.4, 0.5) is 0 Å². The molecule has 7 rings (SSSR count). The molecule has 0 spiro atoms. The Hall–Kier alpha value is -4.50. The van der Waals surface area contributed by atoms with Crippen molar-refractivity contribution in [2.45, 2.75) is 38.5 Å². The number of hydrogen-bond donors (Lipinski definition) is 0. The molecular weight excluding hydrogens is 727 g/mol. The first-order valence-corrected chi connectivity index (χ1v) is 14.9. The number of nitrogens with zero attached hydrogens (tertiary/aromatic N) is 3. The van der Waals surface area contributed by atoms with E-state index in [4.69, 9.17) is 9.97 Å². The second-order valence-corrected chi connectivity index (χ2v) is 11.9. The molecule has 0 unspecified atom stereocenters. The van der Waals surface area contributed by atoms with E-state index in [9.17, 15) is 0 Å². The van der Waals surface area contributed by atoms with Gasteiger partial charge in [0.25, 0.3) is 0 Å². The van der Waals surface area contributed by atoms with Crippen LogP contribution >= 0.6 is 0 Å². The molecule has 45 heavy (non-hydrogen) atoms. The zero-order valence-electron chi connectivity index (χ0n) is 25.9. The van der Waals surface area contributed by atoms with Crippen LogP contribution in [0.15, 0.2) is 134 Å². The molecule has 0 bridgehead atoms. The van der Waals surface area contributed by atoms with Gasteiger partial charge in [-0.15, -0.1) is 35.9 Å². The van der Waals surface area contributed by atoms with Crippen molar-refractivity contribution >= 4 is 21.8 Å². The SMILES string of the molecule is CC(C)(c1[c-]cccc1)c1cccc(C(C)(C)c2[c-]cccc2)n1.[Ir+3].[c-]1ccccc1-c1ccc2ccc3cccnc3c2n1. The largest absolute Gasteiger partial charge is 3.00 e. The van der Waals surface area contributed by atoms with Gasteiger partial charge < -0.3 is 0 Å². The minimum absolute atomic E-state index is 0. The van der Waals surface area contributed by atoms with Crippen LogP contribution in [0.25, 0.3) is 33.1 Å². The number of aromatic nitrogens is 3. The normalized spacial score (nSPS) is 11.4. The van der Waals surface area contributed by atoms with Crippen molar-refractivity contribution < 1.29 is 20.1 Å². The van der Waals surface area contributed by atoms with Crippen LogP contribution in [0.2, 0.25) is 0 Å². The number of hydrogen-bond acceptors (Lipinski definition) is 3. The summed E-state index contributed by atoms with van der Waals surface area (Å²) in [7, 11) is 0. The average Bonchev–Trinajstić information content (AvgIpc) is 3.09. The standard InChI is InChI=1S/C23H23N.C18H11N2.Ir/c1-22(2,18-12-7-5-8-13-18)20-16-11-17-21(24-20)23(3,4)19-14-9-6-10-15-19;1-2-5-13(6-3-1)16-11-10-15-9-8-14-7-4-12-19-17(14)18(15)20-16;/h5-12,14,16-17H,1-4H3;1-5,7-12H;/q-2;-1;+3. The number of fused-ring (bicyclic) bond motifs is 3. The molecule has 3 nitrogen and oxygen atoms in total. The van der Waals surface area contributed by atoms with Crippen molar-refractivity contribution in [1.82, 2.24) is 15.0 Å². The zero-order chi connectivity index (χ0) is 30.6. The van der Waals surface area contributed by atoms with Crippen molar-refractivity contribution in [3.05, 3.63) is 174 Å². The van der Waals surface area contributed by atoms with Crippen molar-refractivity contribution in [3.8, 4) is 11.3 Å². The third-order valence-electron chi connectivity index (χ3n) is 8.21. The summed E-state index contributed by atoms with van der Waals surface area (Å²) in [6.07, 6.45) is 1.81. The molecule has 0 aliphatic carbocycles. The Kier molecular flexibility index (Phi) is 9.68. The smallest absolute Gasteiger partial charge is 0.294 e. The molecule has 0 radical (unpaired) electrons. The van der Waals surface area contributed by atoms with Crippen LogP contribution in [0.3, 0.4) is 0 Å². The maximum atomic E-state index is 5.03. The van der Waals surface area contributed by atoms with E-state index in [0.717, 1.165) is 55.6 Å². The van der Waals surface area contributed by atoms with Gasteiger partial charge in [0.05, 0.1) is 11.0 Å². The van der Waals surface area contributed by atoms with E-state index in [2.05, 4.69) is 118 Å².